The maximum Gasteiger partial charge on any atom is 0.278 e. The SMILES string of the molecule is COc1cc(NC(=O)c2nnn(-c3cccc([N+](=O)[O-])c3)c2C)ccc1NC(C)=O. The lowest BCUT2D eigenvalue weighted by molar-refractivity contribution is -0.384. The van der Waals surface area contributed by atoms with E-state index in [2.05, 4.69) is 20.9 Å². The van der Waals surface area contributed by atoms with Crippen LogP contribution >= 0.6 is 0 Å². The minimum absolute atomic E-state index is 0.0615. The summed E-state index contributed by atoms with van der Waals surface area (Å²) in [6, 6.07) is 10.6. The molecule has 0 saturated carbocycles. The molecule has 3 rings (SSSR count). The van der Waals surface area contributed by atoms with Gasteiger partial charge < -0.3 is 15.4 Å². The van der Waals surface area contributed by atoms with Crippen LogP contribution in [0.15, 0.2) is 42.5 Å². The number of nitrogens with one attached hydrogen (secondary N) is 2. The summed E-state index contributed by atoms with van der Waals surface area (Å²) < 4.78 is 6.59. The number of ether oxygens (including phenoxy) is 1. The van der Waals surface area contributed by atoms with Gasteiger partial charge in [-0.2, -0.15) is 0 Å². The highest BCUT2D eigenvalue weighted by molar-refractivity contribution is 6.04. The number of amides is 2. The molecule has 2 N–H and O–H groups in total. The molecule has 0 aliphatic heterocycles. The average Bonchev–Trinajstić information content (AvgIpc) is 3.10. The first-order valence-electron chi connectivity index (χ1n) is 8.74. The van der Waals surface area contributed by atoms with Crippen LogP contribution in [0.3, 0.4) is 0 Å². The van der Waals surface area contributed by atoms with E-state index in [4.69, 9.17) is 4.74 Å². The fraction of sp³-hybridized carbons (Fsp3) is 0.158. The van der Waals surface area contributed by atoms with Gasteiger partial charge in [-0.1, -0.05) is 11.3 Å². The summed E-state index contributed by atoms with van der Waals surface area (Å²) in [6.45, 7) is 3.01. The van der Waals surface area contributed by atoms with Crippen LogP contribution in [-0.4, -0.2) is 38.8 Å². The van der Waals surface area contributed by atoms with Gasteiger partial charge in [0.1, 0.15) is 5.75 Å². The normalized spacial score (nSPS) is 10.4. The van der Waals surface area contributed by atoms with Crippen LogP contribution in [0, 0.1) is 17.0 Å². The largest absolute Gasteiger partial charge is 0.494 e. The summed E-state index contributed by atoms with van der Waals surface area (Å²) >= 11 is 0. The predicted molar refractivity (Wildman–Crippen MR) is 108 cm³/mol. The summed E-state index contributed by atoms with van der Waals surface area (Å²) in [5.41, 5.74) is 1.68. The third-order valence-electron chi connectivity index (χ3n) is 4.16. The Hall–Kier alpha value is -4.28. The second kappa shape index (κ2) is 8.39. The summed E-state index contributed by atoms with van der Waals surface area (Å²) in [4.78, 5) is 34.4. The van der Waals surface area contributed by atoms with Crippen molar-refractivity contribution in [3.63, 3.8) is 0 Å². The number of hydrogen-bond acceptors (Lipinski definition) is 7. The van der Waals surface area contributed by atoms with Crippen LogP contribution in [0.5, 0.6) is 5.75 Å². The van der Waals surface area contributed by atoms with Gasteiger partial charge in [-0.15, -0.1) is 5.10 Å². The molecule has 11 heteroatoms. The van der Waals surface area contributed by atoms with E-state index in [0.717, 1.165) is 0 Å². The lowest BCUT2D eigenvalue weighted by Crippen LogP contribution is -2.14. The molecule has 0 aliphatic carbocycles. The van der Waals surface area contributed by atoms with Gasteiger partial charge >= 0.3 is 0 Å². The van der Waals surface area contributed by atoms with E-state index in [0.29, 0.717) is 28.5 Å². The number of carbonyl (C=O) groups is 2. The van der Waals surface area contributed by atoms with Crippen molar-refractivity contribution in [1.29, 1.82) is 0 Å². The Balaban J connectivity index is 1.84. The Morgan fingerprint density at radius 1 is 1.17 bits per heavy atom. The fourth-order valence-electron chi connectivity index (χ4n) is 2.77. The minimum atomic E-state index is -0.515. The number of aromatic nitrogens is 3. The minimum Gasteiger partial charge on any atom is -0.494 e. The third kappa shape index (κ3) is 4.24. The van der Waals surface area contributed by atoms with Gasteiger partial charge in [0.2, 0.25) is 5.91 Å². The second-order valence-corrected chi connectivity index (χ2v) is 6.26. The van der Waals surface area contributed by atoms with Crippen molar-refractivity contribution >= 4 is 28.9 Å². The van der Waals surface area contributed by atoms with Crippen molar-refractivity contribution in [3.8, 4) is 11.4 Å². The highest BCUT2D eigenvalue weighted by atomic mass is 16.6. The van der Waals surface area contributed by atoms with Crippen LogP contribution in [-0.2, 0) is 4.79 Å². The standard InChI is InChI=1S/C19H18N6O5/c1-11-18(22-23-24(11)14-5-4-6-15(10-14)25(28)29)19(27)21-13-7-8-16(20-12(2)26)17(9-13)30-3/h4-10H,1-3H3,(H,20,26)(H,21,27). The molecule has 0 radical (unpaired) electrons. The van der Waals surface area contributed by atoms with Crippen LogP contribution < -0.4 is 15.4 Å². The van der Waals surface area contributed by atoms with Crippen LogP contribution in [0.1, 0.15) is 23.1 Å². The smallest absolute Gasteiger partial charge is 0.278 e. The van der Waals surface area contributed by atoms with Gasteiger partial charge in [0.05, 0.1) is 29.1 Å². The first-order valence-corrected chi connectivity index (χ1v) is 8.74. The molecule has 2 amide bonds. The quantitative estimate of drug-likeness (QED) is 0.470. The van der Waals surface area contributed by atoms with Gasteiger partial charge in [0, 0.05) is 30.8 Å². The van der Waals surface area contributed by atoms with Crippen molar-refractivity contribution in [2.45, 2.75) is 13.8 Å². The predicted octanol–water partition coefficient (Wildman–Crippen LogP) is 2.70. The van der Waals surface area contributed by atoms with Crippen molar-refractivity contribution in [2.75, 3.05) is 17.7 Å². The lowest BCUT2D eigenvalue weighted by Gasteiger charge is -2.11. The molecule has 0 spiro atoms. The molecule has 30 heavy (non-hydrogen) atoms. The number of anilines is 2. The summed E-state index contributed by atoms with van der Waals surface area (Å²) in [7, 11) is 1.45. The lowest BCUT2D eigenvalue weighted by atomic mass is 10.2. The van der Waals surface area contributed by atoms with Gasteiger partial charge in [0.25, 0.3) is 11.6 Å². The first-order chi connectivity index (χ1) is 14.3. The Kier molecular flexibility index (Phi) is 5.72. The Morgan fingerprint density at radius 3 is 2.60 bits per heavy atom. The van der Waals surface area contributed by atoms with E-state index in [1.54, 1.807) is 31.2 Å². The van der Waals surface area contributed by atoms with Gasteiger partial charge in [-0.25, -0.2) is 4.68 Å². The van der Waals surface area contributed by atoms with Crippen LogP contribution in [0.25, 0.3) is 5.69 Å². The van der Waals surface area contributed by atoms with Crippen molar-refractivity contribution < 1.29 is 19.2 Å². The number of benzene rings is 2. The summed E-state index contributed by atoms with van der Waals surface area (Å²) in [5, 5.41) is 24.2. The molecule has 0 aliphatic rings. The zero-order valence-corrected chi connectivity index (χ0v) is 16.4. The van der Waals surface area contributed by atoms with Crippen molar-refractivity contribution in [1.82, 2.24) is 15.0 Å². The molecule has 0 unspecified atom stereocenters. The molecule has 0 bridgehead atoms. The average molecular weight is 410 g/mol. The maximum atomic E-state index is 12.7. The first kappa shape index (κ1) is 20.5. The number of hydrogen-bond donors (Lipinski definition) is 2. The van der Waals surface area contributed by atoms with E-state index in [1.807, 2.05) is 0 Å². The molecule has 11 nitrogen and oxygen atoms in total. The molecule has 0 fully saturated rings. The third-order valence-corrected chi connectivity index (χ3v) is 4.16. The molecule has 1 aromatic heterocycles. The zero-order valence-electron chi connectivity index (χ0n) is 16.4. The van der Waals surface area contributed by atoms with Crippen LogP contribution in [0.2, 0.25) is 0 Å². The molecular formula is C19H18N6O5. The summed E-state index contributed by atoms with van der Waals surface area (Å²) in [5.74, 6) is -0.392. The molecule has 3 aromatic rings. The van der Waals surface area contributed by atoms with Crippen molar-refractivity contribution in [3.05, 3.63) is 64.0 Å². The highest BCUT2D eigenvalue weighted by Crippen LogP contribution is 2.28. The van der Waals surface area contributed by atoms with E-state index in [-0.39, 0.29) is 17.3 Å². The number of nitrogens with zero attached hydrogens (tertiary/aromatic N) is 4. The number of non-ortho nitro benzene ring substituents is 1. The molecule has 0 atom stereocenters. The van der Waals surface area contributed by atoms with Crippen molar-refractivity contribution in [2.24, 2.45) is 0 Å². The summed E-state index contributed by atoms with van der Waals surface area (Å²) in [6.07, 6.45) is 0. The Bertz CT molecular complexity index is 1140. The number of carbonyl (C=O) groups excluding carboxylic acids is 2. The fourth-order valence-corrected chi connectivity index (χ4v) is 2.77. The molecule has 2 aromatic carbocycles. The molecule has 1 heterocycles. The number of nitro benzene ring substituents is 1. The van der Waals surface area contributed by atoms with Crippen LogP contribution in [0.4, 0.5) is 17.1 Å². The van der Waals surface area contributed by atoms with Gasteiger partial charge in [0.15, 0.2) is 5.69 Å². The van der Waals surface area contributed by atoms with E-state index in [1.165, 1.54) is 36.9 Å². The van der Waals surface area contributed by atoms with Gasteiger partial charge in [-0.05, 0) is 25.1 Å². The molecular weight excluding hydrogens is 392 g/mol. The number of methoxy groups -OCH3 is 1. The number of nitro groups is 1. The monoisotopic (exact) mass is 410 g/mol. The highest BCUT2D eigenvalue weighted by Gasteiger charge is 2.19. The molecule has 154 valence electrons. The zero-order chi connectivity index (χ0) is 21.8. The second-order valence-electron chi connectivity index (χ2n) is 6.26. The Labute approximate surface area is 170 Å². The van der Waals surface area contributed by atoms with E-state index < -0.39 is 10.8 Å². The molecule has 0 saturated heterocycles. The van der Waals surface area contributed by atoms with Gasteiger partial charge in [-0.3, -0.25) is 19.7 Å². The number of rotatable bonds is 6. The van der Waals surface area contributed by atoms with E-state index in [9.17, 15) is 19.7 Å². The van der Waals surface area contributed by atoms with E-state index >= 15 is 0 Å². The Morgan fingerprint density at radius 2 is 1.93 bits per heavy atom. The topological polar surface area (TPSA) is 141 Å². The maximum absolute atomic E-state index is 12.7.